The highest BCUT2D eigenvalue weighted by atomic mass is 32.2. The van der Waals surface area contributed by atoms with Crippen molar-refractivity contribution < 1.29 is 19.5 Å². The summed E-state index contributed by atoms with van der Waals surface area (Å²) in [6.07, 6.45) is 0. The fourth-order valence-corrected chi connectivity index (χ4v) is 3.88. The van der Waals surface area contributed by atoms with E-state index in [4.69, 9.17) is 0 Å². The van der Waals surface area contributed by atoms with Gasteiger partial charge in [0.05, 0.1) is 5.69 Å². The van der Waals surface area contributed by atoms with E-state index in [0.717, 1.165) is 27.8 Å². The summed E-state index contributed by atoms with van der Waals surface area (Å²) in [5.41, 5.74) is 2.96. The molecule has 0 radical (unpaired) electrons. The molecule has 26 heavy (non-hydrogen) atoms. The molecule has 1 fully saturated rings. The van der Waals surface area contributed by atoms with Crippen molar-refractivity contribution in [2.24, 2.45) is 0 Å². The number of carbonyl (C=O) groups excluding carboxylic acids is 2. The van der Waals surface area contributed by atoms with E-state index in [9.17, 15) is 19.5 Å². The van der Waals surface area contributed by atoms with Crippen molar-refractivity contribution in [2.45, 2.75) is 19.2 Å². The normalized spacial score (nSPS) is 16.8. The number of carboxylic acid groups (broad SMARTS) is 1. The molecule has 2 amide bonds. The summed E-state index contributed by atoms with van der Waals surface area (Å²) in [6, 6.07) is 14.3. The van der Waals surface area contributed by atoms with Gasteiger partial charge in [-0.1, -0.05) is 24.3 Å². The van der Waals surface area contributed by atoms with Gasteiger partial charge < -0.3 is 10.0 Å². The Morgan fingerprint density at radius 2 is 1.77 bits per heavy atom. The third kappa shape index (κ3) is 3.57. The minimum absolute atomic E-state index is 0.373. The van der Waals surface area contributed by atoms with Crippen molar-refractivity contribution >= 4 is 40.3 Å². The van der Waals surface area contributed by atoms with E-state index < -0.39 is 22.5 Å². The fourth-order valence-electron chi connectivity index (χ4n) is 2.86. The van der Waals surface area contributed by atoms with Crippen LogP contribution in [0.15, 0.2) is 48.5 Å². The number of hydrogen-bond acceptors (Lipinski definition) is 5. The number of aliphatic carboxylic acids is 1. The summed E-state index contributed by atoms with van der Waals surface area (Å²) < 4.78 is 0. The molecule has 0 unspecified atom stereocenters. The minimum Gasteiger partial charge on any atom is -0.480 e. The van der Waals surface area contributed by atoms with Crippen molar-refractivity contribution in [3.8, 4) is 0 Å². The molecule has 1 N–H and O–H groups in total. The molecule has 6 nitrogen and oxygen atoms in total. The molecule has 1 atom stereocenters. The van der Waals surface area contributed by atoms with Gasteiger partial charge >= 0.3 is 5.97 Å². The number of thioether (sulfide) groups is 1. The number of carboxylic acids is 1. The van der Waals surface area contributed by atoms with Crippen LogP contribution < -0.4 is 9.80 Å². The van der Waals surface area contributed by atoms with E-state index >= 15 is 0 Å². The zero-order chi connectivity index (χ0) is 18.8. The van der Waals surface area contributed by atoms with Crippen LogP contribution in [-0.2, 0) is 9.59 Å². The lowest BCUT2D eigenvalue weighted by molar-refractivity contribution is -0.135. The number of benzene rings is 2. The van der Waals surface area contributed by atoms with E-state index in [2.05, 4.69) is 0 Å². The molecule has 0 saturated carbocycles. The molecular weight excluding hydrogens is 352 g/mol. The highest BCUT2D eigenvalue weighted by Crippen LogP contribution is 2.36. The number of anilines is 2. The molecule has 1 saturated heterocycles. The molecule has 1 aliphatic rings. The average Bonchev–Trinajstić information content (AvgIpc) is 2.87. The average molecular weight is 370 g/mol. The second-order valence-corrected chi connectivity index (χ2v) is 7.14. The van der Waals surface area contributed by atoms with Crippen LogP contribution in [0.5, 0.6) is 0 Å². The van der Waals surface area contributed by atoms with Crippen molar-refractivity contribution in [3.05, 3.63) is 59.7 Å². The number of nitrogens with zero attached hydrogens (tertiary/aromatic N) is 2. The first-order valence-corrected chi connectivity index (χ1v) is 8.91. The van der Waals surface area contributed by atoms with E-state index in [1.165, 1.54) is 4.90 Å². The van der Waals surface area contributed by atoms with Crippen molar-refractivity contribution in [2.75, 3.05) is 16.3 Å². The van der Waals surface area contributed by atoms with Gasteiger partial charge in [0.15, 0.2) is 5.37 Å². The molecule has 1 aliphatic heterocycles. The summed E-state index contributed by atoms with van der Waals surface area (Å²) in [7, 11) is 0. The maximum absolute atomic E-state index is 13.0. The summed E-state index contributed by atoms with van der Waals surface area (Å²) in [5.74, 6) is -1.50. The quantitative estimate of drug-likeness (QED) is 0.869. The lowest BCUT2D eigenvalue weighted by Crippen LogP contribution is -2.44. The van der Waals surface area contributed by atoms with Crippen LogP contribution in [0, 0.1) is 13.8 Å². The number of carbonyl (C=O) groups is 3. The van der Waals surface area contributed by atoms with Gasteiger partial charge in [-0.25, -0.2) is 4.90 Å². The van der Waals surface area contributed by atoms with Gasteiger partial charge in [-0.2, -0.15) is 0 Å². The zero-order valence-corrected chi connectivity index (χ0v) is 15.2. The third-order valence-electron chi connectivity index (χ3n) is 4.01. The van der Waals surface area contributed by atoms with Crippen LogP contribution in [0.25, 0.3) is 0 Å². The molecule has 1 heterocycles. The Morgan fingerprint density at radius 3 is 2.38 bits per heavy atom. The standard InChI is InChI=1S/C19H18N2O4S/c1-12-5-3-7-14(9-12)20(11-16(22)23)18-17(24)21(19(25)26-18)15-8-4-6-13(2)10-15/h3-10,18H,11H2,1-2H3,(H,22,23)/t18-/m0/s1. The minimum atomic E-state index is -1.07. The molecule has 0 aliphatic carbocycles. The molecule has 7 heteroatoms. The maximum Gasteiger partial charge on any atom is 0.323 e. The summed E-state index contributed by atoms with van der Waals surface area (Å²) in [5, 5.41) is 7.96. The molecule has 3 rings (SSSR count). The van der Waals surface area contributed by atoms with Crippen molar-refractivity contribution in [3.63, 3.8) is 0 Å². The SMILES string of the molecule is Cc1cccc(N2C(=O)S[C@H](N(CC(=O)O)c3cccc(C)c3)C2=O)c1. The summed E-state index contributed by atoms with van der Waals surface area (Å²) >= 11 is 0.833. The molecular formula is C19H18N2O4S. The first-order chi connectivity index (χ1) is 12.4. The molecule has 134 valence electrons. The molecule has 2 aromatic rings. The Morgan fingerprint density at radius 1 is 1.12 bits per heavy atom. The maximum atomic E-state index is 13.0. The molecule has 0 spiro atoms. The number of rotatable bonds is 5. The smallest absolute Gasteiger partial charge is 0.323 e. The highest BCUT2D eigenvalue weighted by molar-refractivity contribution is 8.16. The second kappa shape index (κ2) is 7.21. The largest absolute Gasteiger partial charge is 0.480 e. The Bertz CT molecular complexity index is 883. The lowest BCUT2D eigenvalue weighted by atomic mass is 10.2. The Kier molecular flexibility index (Phi) is 4.99. The van der Waals surface area contributed by atoms with Crippen molar-refractivity contribution in [1.29, 1.82) is 0 Å². The summed E-state index contributed by atoms with van der Waals surface area (Å²) in [4.78, 5) is 39.4. The van der Waals surface area contributed by atoms with Gasteiger partial charge in [-0.3, -0.25) is 14.4 Å². The van der Waals surface area contributed by atoms with Gasteiger partial charge in [0.1, 0.15) is 6.54 Å². The number of imide groups is 1. The second-order valence-electron chi connectivity index (χ2n) is 6.11. The van der Waals surface area contributed by atoms with Gasteiger partial charge in [0.25, 0.3) is 11.1 Å². The van der Waals surface area contributed by atoms with Gasteiger partial charge in [-0.05, 0) is 61.0 Å². The Balaban J connectivity index is 1.96. The Hall–Kier alpha value is -2.80. The Labute approximate surface area is 155 Å². The topological polar surface area (TPSA) is 77.9 Å². The van der Waals surface area contributed by atoms with Crippen LogP contribution in [0.1, 0.15) is 11.1 Å². The fraction of sp³-hybridized carbons (Fsp3) is 0.211. The predicted molar refractivity (Wildman–Crippen MR) is 102 cm³/mol. The van der Waals surface area contributed by atoms with Crippen LogP contribution in [-0.4, -0.2) is 34.1 Å². The van der Waals surface area contributed by atoms with Crippen LogP contribution in [0.2, 0.25) is 0 Å². The van der Waals surface area contributed by atoms with E-state index in [1.807, 2.05) is 26.0 Å². The molecule has 2 aromatic carbocycles. The van der Waals surface area contributed by atoms with Crippen LogP contribution >= 0.6 is 11.8 Å². The lowest BCUT2D eigenvalue weighted by Gasteiger charge is -2.27. The van der Waals surface area contributed by atoms with Crippen LogP contribution in [0.3, 0.4) is 0 Å². The van der Waals surface area contributed by atoms with E-state index in [-0.39, 0.29) is 6.54 Å². The van der Waals surface area contributed by atoms with Crippen LogP contribution in [0.4, 0.5) is 16.2 Å². The monoisotopic (exact) mass is 370 g/mol. The predicted octanol–water partition coefficient (Wildman–Crippen LogP) is 3.42. The first-order valence-electron chi connectivity index (χ1n) is 8.03. The van der Waals surface area contributed by atoms with Gasteiger partial charge in [-0.15, -0.1) is 0 Å². The number of aryl methyl sites for hydroxylation is 2. The number of amides is 2. The highest BCUT2D eigenvalue weighted by Gasteiger charge is 2.44. The third-order valence-corrected chi connectivity index (χ3v) is 5.07. The molecule has 0 bridgehead atoms. The zero-order valence-electron chi connectivity index (χ0n) is 14.4. The van der Waals surface area contributed by atoms with E-state index in [0.29, 0.717) is 11.4 Å². The van der Waals surface area contributed by atoms with Crippen molar-refractivity contribution in [1.82, 2.24) is 0 Å². The first kappa shape index (κ1) is 18.0. The molecule has 0 aromatic heterocycles. The number of hydrogen-bond donors (Lipinski definition) is 1. The van der Waals surface area contributed by atoms with E-state index in [1.54, 1.807) is 36.4 Å². The van der Waals surface area contributed by atoms with Gasteiger partial charge in [0, 0.05) is 5.69 Å². The summed E-state index contributed by atoms with van der Waals surface area (Å²) in [6.45, 7) is 3.39. The van der Waals surface area contributed by atoms with Gasteiger partial charge in [0.2, 0.25) is 0 Å².